The molecule has 0 saturated heterocycles. The maximum atomic E-state index is 14.9. The van der Waals surface area contributed by atoms with Crippen molar-refractivity contribution >= 4 is 11.6 Å². The van der Waals surface area contributed by atoms with Gasteiger partial charge in [-0.25, -0.2) is 4.39 Å². The van der Waals surface area contributed by atoms with Crippen LogP contribution in [-0.2, 0) is 6.54 Å². The third kappa shape index (κ3) is 5.76. The minimum Gasteiger partial charge on any atom is -0.268 e. The summed E-state index contributed by atoms with van der Waals surface area (Å²) in [6.07, 6.45) is 8.80. The van der Waals surface area contributed by atoms with Gasteiger partial charge in [0.1, 0.15) is 11.5 Å². The van der Waals surface area contributed by atoms with Crippen molar-refractivity contribution < 1.29 is 4.39 Å². The molecule has 0 spiro atoms. The van der Waals surface area contributed by atoms with Crippen LogP contribution in [0.15, 0.2) is 60.7 Å². The first-order valence-electron chi connectivity index (χ1n) is 12.1. The number of hydrogen-bond donors (Lipinski definition) is 0. The highest BCUT2D eigenvalue weighted by Crippen LogP contribution is 2.38. The third-order valence-corrected chi connectivity index (χ3v) is 7.30. The molecule has 1 aliphatic carbocycles. The Labute approximate surface area is 202 Å². The van der Waals surface area contributed by atoms with Crippen molar-refractivity contribution in [1.29, 1.82) is 0 Å². The Balaban J connectivity index is 1.55. The van der Waals surface area contributed by atoms with Gasteiger partial charge in [0.05, 0.1) is 0 Å². The summed E-state index contributed by atoms with van der Waals surface area (Å²) in [5.41, 5.74) is 5.65. The summed E-state index contributed by atoms with van der Waals surface area (Å²) in [7, 11) is 0. The van der Waals surface area contributed by atoms with Gasteiger partial charge in [0.2, 0.25) is 0 Å². The molecular formula is C29H34ClFN2. The second-order valence-electron chi connectivity index (χ2n) is 9.72. The molecule has 1 aromatic heterocycles. The van der Waals surface area contributed by atoms with Crippen LogP contribution in [0.2, 0.25) is 5.02 Å². The number of aromatic nitrogens is 2. The molecule has 0 amide bonds. The van der Waals surface area contributed by atoms with E-state index in [-0.39, 0.29) is 5.82 Å². The van der Waals surface area contributed by atoms with Crippen LogP contribution in [0, 0.1) is 24.6 Å². The van der Waals surface area contributed by atoms with E-state index in [1.807, 2.05) is 18.2 Å². The number of allylic oxidation sites excluding steroid dienone is 1. The molecule has 0 N–H and O–H groups in total. The van der Waals surface area contributed by atoms with Crippen LogP contribution in [0.3, 0.4) is 0 Å². The van der Waals surface area contributed by atoms with Crippen LogP contribution < -0.4 is 0 Å². The van der Waals surface area contributed by atoms with Crippen molar-refractivity contribution in [2.75, 3.05) is 0 Å². The Bertz CT molecular complexity index is 1090. The SMILES string of the molecule is C=C(C)CCCC1CCC(Cn2nc(-c3ccc(Cl)cc3F)c(-c3ccccc3)c2C)CC1. The number of nitrogens with zero attached hydrogens (tertiary/aromatic N) is 2. The van der Waals surface area contributed by atoms with Gasteiger partial charge in [0, 0.05) is 28.4 Å². The lowest BCUT2D eigenvalue weighted by Crippen LogP contribution is -2.20. The fraction of sp³-hybridized carbons (Fsp3) is 0.414. The molecule has 1 saturated carbocycles. The standard InChI is InChI=1S/C29H34ClFN2/c1-20(2)8-7-9-22-12-14-23(15-13-22)19-33-21(3)28(24-10-5-4-6-11-24)29(32-33)26-17-16-25(30)18-27(26)31/h4-6,10-11,16-18,22-23H,1,7-9,12-15,19H2,2-3H3. The van der Waals surface area contributed by atoms with Crippen molar-refractivity contribution in [2.45, 2.75) is 65.3 Å². The minimum absolute atomic E-state index is 0.334. The van der Waals surface area contributed by atoms with Crippen molar-refractivity contribution in [3.05, 3.63) is 77.2 Å². The molecule has 0 bridgehead atoms. The van der Waals surface area contributed by atoms with Gasteiger partial charge >= 0.3 is 0 Å². The van der Waals surface area contributed by atoms with Crippen LogP contribution in [0.4, 0.5) is 4.39 Å². The first-order chi connectivity index (χ1) is 15.9. The lowest BCUT2D eigenvalue weighted by molar-refractivity contribution is 0.234. The van der Waals surface area contributed by atoms with Gasteiger partial charge < -0.3 is 0 Å². The van der Waals surface area contributed by atoms with E-state index in [0.29, 0.717) is 22.2 Å². The first kappa shape index (κ1) is 23.8. The summed E-state index contributed by atoms with van der Waals surface area (Å²) in [6.45, 7) is 9.15. The van der Waals surface area contributed by atoms with E-state index in [9.17, 15) is 4.39 Å². The predicted molar refractivity (Wildman–Crippen MR) is 137 cm³/mol. The molecule has 4 heteroatoms. The zero-order chi connectivity index (χ0) is 23.4. The molecule has 1 aliphatic rings. The monoisotopic (exact) mass is 464 g/mol. The summed E-state index contributed by atoms with van der Waals surface area (Å²) in [4.78, 5) is 0. The average Bonchev–Trinajstić information content (AvgIpc) is 3.11. The van der Waals surface area contributed by atoms with Crippen molar-refractivity contribution in [3.8, 4) is 22.4 Å². The summed E-state index contributed by atoms with van der Waals surface area (Å²) in [6, 6.07) is 15.0. The Kier molecular flexibility index (Phi) is 7.70. The van der Waals surface area contributed by atoms with Crippen LogP contribution >= 0.6 is 11.6 Å². The van der Waals surface area contributed by atoms with E-state index < -0.39 is 0 Å². The topological polar surface area (TPSA) is 17.8 Å². The van der Waals surface area contributed by atoms with E-state index in [1.54, 1.807) is 12.1 Å². The smallest absolute Gasteiger partial charge is 0.134 e. The maximum Gasteiger partial charge on any atom is 0.134 e. The lowest BCUT2D eigenvalue weighted by Gasteiger charge is -2.28. The van der Waals surface area contributed by atoms with Crippen LogP contribution in [0.25, 0.3) is 22.4 Å². The molecule has 0 radical (unpaired) electrons. The Morgan fingerprint density at radius 3 is 2.45 bits per heavy atom. The number of hydrogen-bond acceptors (Lipinski definition) is 1. The highest BCUT2D eigenvalue weighted by Gasteiger charge is 2.25. The van der Waals surface area contributed by atoms with Crippen molar-refractivity contribution in [2.24, 2.45) is 11.8 Å². The van der Waals surface area contributed by atoms with Gasteiger partial charge in [-0.05, 0) is 75.1 Å². The molecule has 0 atom stereocenters. The molecule has 2 aromatic carbocycles. The van der Waals surface area contributed by atoms with Crippen LogP contribution in [-0.4, -0.2) is 9.78 Å². The molecule has 1 fully saturated rings. The normalized spacial score (nSPS) is 18.4. The van der Waals surface area contributed by atoms with Crippen LogP contribution in [0.5, 0.6) is 0 Å². The Morgan fingerprint density at radius 2 is 1.79 bits per heavy atom. The zero-order valence-electron chi connectivity index (χ0n) is 19.8. The second kappa shape index (κ2) is 10.7. The average molecular weight is 465 g/mol. The zero-order valence-corrected chi connectivity index (χ0v) is 20.5. The number of rotatable bonds is 8. The largest absolute Gasteiger partial charge is 0.268 e. The van der Waals surface area contributed by atoms with Gasteiger partial charge in [-0.2, -0.15) is 5.10 Å². The quantitative estimate of drug-likeness (QED) is 0.304. The molecular weight excluding hydrogens is 431 g/mol. The summed E-state index contributed by atoms with van der Waals surface area (Å²) < 4.78 is 17.0. The van der Waals surface area contributed by atoms with Gasteiger partial charge in [0.15, 0.2) is 0 Å². The molecule has 0 aliphatic heterocycles. The van der Waals surface area contributed by atoms with Gasteiger partial charge in [0.25, 0.3) is 0 Å². The Hall–Kier alpha value is -2.39. The maximum absolute atomic E-state index is 14.9. The molecule has 174 valence electrons. The number of benzene rings is 2. The van der Waals surface area contributed by atoms with E-state index in [1.165, 1.54) is 50.2 Å². The van der Waals surface area contributed by atoms with Crippen molar-refractivity contribution in [1.82, 2.24) is 9.78 Å². The molecule has 4 rings (SSSR count). The summed E-state index contributed by atoms with van der Waals surface area (Å²) >= 11 is 6.02. The van der Waals surface area contributed by atoms with Gasteiger partial charge in [-0.3, -0.25) is 4.68 Å². The molecule has 33 heavy (non-hydrogen) atoms. The summed E-state index contributed by atoms with van der Waals surface area (Å²) in [5, 5.41) is 5.35. The van der Waals surface area contributed by atoms with E-state index in [4.69, 9.17) is 16.7 Å². The number of halogens is 2. The lowest BCUT2D eigenvalue weighted by atomic mass is 9.79. The molecule has 1 heterocycles. The van der Waals surface area contributed by atoms with Crippen molar-refractivity contribution in [3.63, 3.8) is 0 Å². The highest BCUT2D eigenvalue weighted by atomic mass is 35.5. The highest BCUT2D eigenvalue weighted by molar-refractivity contribution is 6.30. The Morgan fingerprint density at radius 1 is 1.09 bits per heavy atom. The fourth-order valence-electron chi connectivity index (χ4n) is 5.18. The molecule has 2 nitrogen and oxygen atoms in total. The van der Waals surface area contributed by atoms with E-state index >= 15 is 0 Å². The molecule has 0 unspecified atom stereocenters. The third-order valence-electron chi connectivity index (χ3n) is 7.07. The van der Waals surface area contributed by atoms with E-state index in [0.717, 1.165) is 35.7 Å². The second-order valence-corrected chi connectivity index (χ2v) is 10.2. The first-order valence-corrected chi connectivity index (χ1v) is 12.5. The minimum atomic E-state index is -0.334. The van der Waals surface area contributed by atoms with E-state index in [2.05, 4.69) is 37.2 Å². The van der Waals surface area contributed by atoms with Gasteiger partial charge in [-0.15, -0.1) is 6.58 Å². The molecule has 3 aromatic rings. The van der Waals surface area contributed by atoms with Crippen LogP contribution in [0.1, 0.15) is 57.6 Å². The fourth-order valence-corrected chi connectivity index (χ4v) is 5.34. The van der Waals surface area contributed by atoms with Gasteiger partial charge in [-0.1, -0.05) is 66.8 Å². The predicted octanol–water partition coefficient (Wildman–Crippen LogP) is 8.87. The summed E-state index contributed by atoms with van der Waals surface area (Å²) in [5.74, 6) is 1.13.